The molecular weight excluding hydrogens is 908 g/mol. The monoisotopic (exact) mass is 952 g/mol. The van der Waals surface area contributed by atoms with Crippen molar-refractivity contribution in [1.82, 2.24) is 10.6 Å². The average molecular weight is 953 g/mol. The highest BCUT2D eigenvalue weighted by atomic mass is 16.6. The summed E-state index contributed by atoms with van der Waals surface area (Å²) < 4.78 is 19.5. The number of carbonyl (C=O) groups is 4. The zero-order valence-electron chi connectivity index (χ0n) is 37.1. The minimum atomic E-state index is -1.27. The number of benzene rings is 3. The molecule has 0 aliphatic carbocycles. The first kappa shape index (κ1) is 58.3. The number of nitrogens with zero attached hydrogens (tertiary/aromatic N) is 6. The second kappa shape index (κ2) is 28.9. The summed E-state index contributed by atoms with van der Waals surface area (Å²) in [7, 11) is 5.01. The molecule has 0 unspecified atom stereocenters. The first-order valence-corrected chi connectivity index (χ1v) is 18.9. The average Bonchev–Trinajstić information content (AvgIpc) is 3.29. The van der Waals surface area contributed by atoms with Crippen LogP contribution in [-0.2, 0) is 14.4 Å². The number of nitro groups is 3. The molecule has 68 heavy (non-hydrogen) atoms. The molecule has 0 saturated carbocycles. The van der Waals surface area contributed by atoms with E-state index in [1.165, 1.54) is 40.6 Å². The van der Waals surface area contributed by atoms with Crippen molar-refractivity contribution in [3.05, 3.63) is 106 Å². The molecule has 7 N–H and O–H groups in total. The van der Waals surface area contributed by atoms with E-state index >= 15 is 0 Å². The molecule has 0 fully saturated rings. The number of aliphatic hydroxyl groups excluding tert-OH is 2. The van der Waals surface area contributed by atoms with Crippen LogP contribution in [0.25, 0.3) is 16.4 Å². The maximum absolute atomic E-state index is 11.7. The third kappa shape index (κ3) is 16.4. The Balaban J connectivity index is 0.000000926. The number of hydrogen-bond donors (Lipinski definition) is 7. The maximum Gasteiger partial charge on any atom is 0.336 e. The van der Waals surface area contributed by atoms with Crippen molar-refractivity contribution in [3.63, 3.8) is 0 Å². The number of aromatic hydroxyl groups is 2. The predicted octanol–water partition coefficient (Wildman–Crippen LogP) is 5.06. The second-order valence-electron chi connectivity index (χ2n) is 12.4. The van der Waals surface area contributed by atoms with E-state index in [2.05, 4.69) is 15.5 Å². The number of rotatable bonds is 17. The van der Waals surface area contributed by atoms with E-state index in [-0.39, 0.29) is 65.1 Å². The second-order valence-corrected chi connectivity index (χ2v) is 12.4. The van der Waals surface area contributed by atoms with Crippen LogP contribution in [0.15, 0.2) is 47.5 Å². The smallest absolute Gasteiger partial charge is 0.336 e. The van der Waals surface area contributed by atoms with Gasteiger partial charge < -0.3 is 60.0 Å². The number of nitro benzene ring substituents is 3. The number of carboxylic acid groups (broad SMARTS) is 1. The minimum absolute atomic E-state index is 0.00843. The maximum atomic E-state index is 11.7. The van der Waals surface area contributed by atoms with Crippen LogP contribution in [-0.4, -0.2) is 112 Å². The van der Waals surface area contributed by atoms with Crippen molar-refractivity contribution in [2.75, 3.05) is 48.1 Å². The van der Waals surface area contributed by atoms with Gasteiger partial charge in [0.2, 0.25) is 23.0 Å². The van der Waals surface area contributed by atoms with Gasteiger partial charge >= 0.3 is 23.0 Å². The summed E-state index contributed by atoms with van der Waals surface area (Å²) in [5, 5.41) is 103. The Bertz CT molecular complexity index is 2590. The number of carboxylic acids is 1. The van der Waals surface area contributed by atoms with Gasteiger partial charge in [0.25, 0.3) is 18.4 Å². The number of nitrogens with one attached hydrogen (secondary N) is 2. The topological polar surface area (TPSA) is 412 Å². The lowest BCUT2D eigenvalue weighted by molar-refractivity contribution is -0.386. The Hall–Kier alpha value is -9.71. The Morgan fingerprint density at radius 1 is 0.662 bits per heavy atom. The molecule has 2 amide bonds. The van der Waals surface area contributed by atoms with Crippen LogP contribution in [0, 0.1) is 59.6 Å². The fourth-order valence-electron chi connectivity index (χ4n) is 4.96. The van der Waals surface area contributed by atoms with Crippen LogP contribution < -0.4 is 29.6 Å². The molecule has 0 saturated heterocycles. The summed E-state index contributed by atoms with van der Waals surface area (Å²) >= 11 is 0. The molecule has 3 aromatic carbocycles. The summed E-state index contributed by atoms with van der Waals surface area (Å²) in [5.41, 5.74) is -3.71. The van der Waals surface area contributed by atoms with Crippen molar-refractivity contribution >= 4 is 52.1 Å². The van der Waals surface area contributed by atoms with Gasteiger partial charge in [0.05, 0.1) is 48.8 Å². The largest absolute Gasteiger partial charge is 0.506 e. The molecule has 0 spiro atoms. The van der Waals surface area contributed by atoms with Crippen LogP contribution >= 0.6 is 0 Å². The summed E-state index contributed by atoms with van der Waals surface area (Å²) in [4.78, 5) is 77.5. The highest BCUT2D eigenvalue weighted by Crippen LogP contribution is 2.41. The lowest BCUT2D eigenvalue weighted by Gasteiger charge is -2.11. The first-order valence-electron chi connectivity index (χ1n) is 18.9. The lowest BCUT2D eigenvalue weighted by Crippen LogP contribution is -2.24. The van der Waals surface area contributed by atoms with Crippen molar-refractivity contribution in [3.8, 4) is 46.6 Å². The minimum Gasteiger partial charge on any atom is -0.506 e. The van der Waals surface area contributed by atoms with Gasteiger partial charge in [-0.15, -0.1) is 0 Å². The molecule has 0 aromatic heterocycles. The van der Waals surface area contributed by atoms with Gasteiger partial charge in [-0.25, -0.2) is 11.4 Å². The van der Waals surface area contributed by atoms with E-state index in [1.54, 1.807) is 19.9 Å². The van der Waals surface area contributed by atoms with E-state index in [1.807, 2.05) is 6.92 Å². The Morgan fingerprint density at radius 2 is 1.04 bits per heavy atom. The molecule has 3 rings (SSSR count). The molecule has 0 aliphatic heterocycles. The van der Waals surface area contributed by atoms with Gasteiger partial charge in [0, 0.05) is 48.8 Å². The number of ketones is 1. The van der Waals surface area contributed by atoms with E-state index in [0.29, 0.717) is 6.42 Å². The summed E-state index contributed by atoms with van der Waals surface area (Å²) in [6.45, 7) is 12.0. The number of phenols is 2. The molecular formula is C41H44N8O19. The normalized spacial score (nSPS) is 10.4. The summed E-state index contributed by atoms with van der Waals surface area (Å²) in [5.74, 6) is -6.49. The molecule has 3 aromatic rings. The zero-order valence-corrected chi connectivity index (χ0v) is 37.1. The number of hydrogen-bond acceptors (Lipinski definition) is 20. The number of phenolic OH excluding ortho intramolecular Hbond substituents is 2. The van der Waals surface area contributed by atoms with Crippen molar-refractivity contribution in [2.24, 2.45) is 0 Å². The fourth-order valence-corrected chi connectivity index (χ4v) is 4.96. The van der Waals surface area contributed by atoms with Crippen molar-refractivity contribution in [2.45, 2.75) is 33.6 Å². The number of ether oxygens (including phenoxy) is 4. The highest BCUT2D eigenvalue weighted by Gasteiger charge is 2.27. The number of nitriles is 2. The number of carbonyl (C=O) groups excluding carboxylic acids is 3. The number of Topliss-reactive ketones (excluding diaryl/α,β-unsaturated/α-hetero) is 1. The molecule has 0 aliphatic rings. The number of aromatic carboxylic acids is 1. The summed E-state index contributed by atoms with van der Waals surface area (Å²) in [6, 6.07) is 8.89. The van der Waals surface area contributed by atoms with E-state index in [4.69, 9.17) is 41.1 Å². The highest BCUT2D eigenvalue weighted by molar-refractivity contribution is 6.04. The predicted molar refractivity (Wildman–Crippen MR) is 235 cm³/mol. The number of amides is 2. The first-order chi connectivity index (χ1) is 32.0. The molecule has 0 radical (unpaired) electrons. The third-order valence-corrected chi connectivity index (χ3v) is 7.98. The number of methoxy groups -OCH3 is 4. The van der Waals surface area contributed by atoms with Gasteiger partial charge in [-0.3, -0.25) is 44.7 Å². The molecule has 27 heteroatoms. The molecule has 362 valence electrons. The number of likely N-dealkylation sites (N-methyl/N-ethyl adjacent to an activating group) is 2. The Morgan fingerprint density at radius 3 is 1.37 bits per heavy atom. The van der Waals surface area contributed by atoms with E-state index in [9.17, 15) is 69.9 Å². The third-order valence-electron chi connectivity index (χ3n) is 7.98. The van der Waals surface area contributed by atoms with Crippen LogP contribution in [0.5, 0.6) is 34.5 Å². The van der Waals surface area contributed by atoms with Crippen LogP contribution in [0.1, 0.15) is 55.1 Å². The summed E-state index contributed by atoms with van der Waals surface area (Å²) in [6.07, 6.45) is 1.41. The lowest BCUT2D eigenvalue weighted by atomic mass is 10.1. The quantitative estimate of drug-likeness (QED) is 0.0177. The Labute approximate surface area is 385 Å². The molecule has 0 heterocycles. The standard InChI is InChI=1S/C14H15N3O6.C12H11N3O6.C9H9NO6.C6H9NO/c1-4-16-14(19)9(7-15)12(18)8-5-10(17(20)21)13(23-3)11(6-8)22-2;1-2-14-12(19)7(5-13)10(17)6-3-8(15(20)21)11(18)9(16)4-6;1-15-7-4-5(9(11)12)3-6(10(13)14)8(7)16-2;1-3-4-6(8)5-7-2/h5-6,18H,4H2,1-3H3,(H,16,19);3-4,16-18H,2H2,1H3,(H,14,19);3-4H,1-2H3,(H,11,12);3-5H2,1H3/b12-9-;10-7-;;. The van der Waals surface area contributed by atoms with Crippen LogP contribution in [0.3, 0.4) is 0 Å². The van der Waals surface area contributed by atoms with Crippen molar-refractivity contribution in [1.29, 1.82) is 10.5 Å². The van der Waals surface area contributed by atoms with E-state index < -0.39 is 83.8 Å². The number of aliphatic hydroxyl groups is 2. The van der Waals surface area contributed by atoms with Gasteiger partial charge in [0.1, 0.15) is 23.7 Å². The van der Waals surface area contributed by atoms with Crippen LogP contribution in [0.4, 0.5) is 17.1 Å². The molecule has 27 nitrogen and oxygen atoms in total. The van der Waals surface area contributed by atoms with Crippen molar-refractivity contribution < 1.29 is 78.4 Å². The van der Waals surface area contributed by atoms with Gasteiger partial charge in [0.15, 0.2) is 28.4 Å². The molecule has 0 atom stereocenters. The van der Waals surface area contributed by atoms with Gasteiger partial charge in [-0.05, 0) is 38.5 Å². The Kier molecular flexibility index (Phi) is 24.8. The molecule has 0 bridgehead atoms. The van der Waals surface area contributed by atoms with Gasteiger partial charge in [-0.2, -0.15) is 10.5 Å². The zero-order chi connectivity index (χ0) is 52.4. The van der Waals surface area contributed by atoms with Gasteiger partial charge in [-0.1, -0.05) is 6.92 Å². The van der Waals surface area contributed by atoms with Crippen LogP contribution in [0.2, 0.25) is 0 Å². The van der Waals surface area contributed by atoms with E-state index in [0.717, 1.165) is 36.8 Å². The SMILES string of the molecule is CCNC(=O)/C(C#N)=C(\O)c1cc(O)c(O)c([N+](=O)[O-])c1.CCNC(=O)/C(C#N)=C(\O)c1cc(OC)c(OC)c([N+](=O)[O-])c1.COc1cc(C(=O)O)cc([N+](=O)[O-])c1OC.[C-]#[N+]CC(=O)CCC. The fraction of sp³-hybridized carbons (Fsp3) is 0.293.